The van der Waals surface area contributed by atoms with Crippen molar-refractivity contribution in [2.24, 2.45) is 5.73 Å². The predicted octanol–water partition coefficient (Wildman–Crippen LogP) is 4.27. The van der Waals surface area contributed by atoms with E-state index in [0.29, 0.717) is 17.0 Å². The monoisotopic (exact) mass is 422 g/mol. The summed E-state index contributed by atoms with van der Waals surface area (Å²) in [6.07, 6.45) is -2.81. The minimum Gasteiger partial charge on any atom is -0.400 e. The number of hydrogen-bond donors (Lipinski definition) is 2. The number of nitrogens with one attached hydrogen (secondary N) is 1. The maximum absolute atomic E-state index is 13.1. The molecule has 0 aliphatic carbocycles. The van der Waals surface area contributed by atoms with E-state index in [2.05, 4.69) is 4.98 Å². The Kier molecular flexibility index (Phi) is 5.66. The molecule has 5 nitrogen and oxygen atoms in total. The second-order valence-corrected chi connectivity index (χ2v) is 6.99. The fraction of sp³-hybridized carbons (Fsp3) is 0.250. The maximum atomic E-state index is 13.1. The Balaban J connectivity index is 1.91. The smallest absolute Gasteiger partial charge is 0.400 e. The van der Waals surface area contributed by atoms with Crippen LogP contribution >= 0.6 is 11.6 Å². The van der Waals surface area contributed by atoms with Crippen LogP contribution in [0.4, 0.5) is 13.2 Å². The Morgan fingerprint density at radius 2 is 2.00 bits per heavy atom. The summed E-state index contributed by atoms with van der Waals surface area (Å²) in [4.78, 5) is 18.4. The van der Waals surface area contributed by atoms with Crippen LogP contribution in [-0.2, 0) is 6.18 Å². The van der Waals surface area contributed by atoms with Gasteiger partial charge in [-0.25, -0.2) is 0 Å². The summed E-state index contributed by atoms with van der Waals surface area (Å²) in [5, 5.41) is 7.73. The highest BCUT2D eigenvalue weighted by atomic mass is 35.5. The molecule has 1 aromatic heterocycles. The number of carbonyl (C=O) groups excluding carboxylic acids is 1. The lowest BCUT2D eigenvalue weighted by atomic mass is 9.93. The minimum atomic E-state index is -4.66. The van der Waals surface area contributed by atoms with Crippen LogP contribution in [0.15, 0.2) is 53.9 Å². The standard InChI is InChI=1S/C20H18ClF3N4O/c1-11-17(25)13(18(26)15-7-2-3-9-27-15)8-10-28(11)19(29)12-5-4-6-14(16(12)21)20(22,23)24/h2-7,9,11,26H,8,10,25H2,1H3. The van der Waals surface area contributed by atoms with Gasteiger partial charge < -0.3 is 10.6 Å². The zero-order chi connectivity index (χ0) is 21.3. The van der Waals surface area contributed by atoms with Crippen molar-refractivity contribution in [3.8, 4) is 0 Å². The molecule has 0 fully saturated rings. The molecule has 0 saturated carbocycles. The molecule has 0 saturated heterocycles. The Hall–Kier alpha value is -2.87. The average molecular weight is 423 g/mol. The fourth-order valence-corrected chi connectivity index (χ4v) is 3.59. The molecule has 1 atom stereocenters. The lowest BCUT2D eigenvalue weighted by Gasteiger charge is -2.36. The van der Waals surface area contributed by atoms with Crippen molar-refractivity contribution >= 4 is 23.2 Å². The van der Waals surface area contributed by atoms with Crippen molar-refractivity contribution in [3.63, 3.8) is 0 Å². The van der Waals surface area contributed by atoms with E-state index in [1.54, 1.807) is 31.3 Å². The Labute approximate surface area is 170 Å². The third-order valence-electron chi connectivity index (χ3n) is 4.89. The van der Waals surface area contributed by atoms with E-state index >= 15 is 0 Å². The van der Waals surface area contributed by atoms with Gasteiger partial charge >= 0.3 is 6.18 Å². The van der Waals surface area contributed by atoms with Crippen LogP contribution in [0.25, 0.3) is 0 Å². The van der Waals surface area contributed by atoms with Crippen molar-refractivity contribution in [2.45, 2.75) is 25.6 Å². The Morgan fingerprint density at radius 1 is 1.28 bits per heavy atom. The van der Waals surface area contributed by atoms with E-state index in [0.717, 1.165) is 12.1 Å². The van der Waals surface area contributed by atoms with Gasteiger partial charge in [0.2, 0.25) is 0 Å². The first kappa shape index (κ1) is 20.9. The third kappa shape index (κ3) is 3.98. The summed E-state index contributed by atoms with van der Waals surface area (Å²) in [6, 6.07) is 7.81. The van der Waals surface area contributed by atoms with Gasteiger partial charge in [-0.1, -0.05) is 23.7 Å². The quantitative estimate of drug-likeness (QED) is 0.724. The number of pyridine rings is 1. The lowest BCUT2D eigenvalue weighted by Crippen LogP contribution is -2.46. The molecule has 29 heavy (non-hydrogen) atoms. The molecular weight excluding hydrogens is 405 g/mol. The molecular formula is C20H18ClF3N4O. The number of carbonyl (C=O) groups is 1. The average Bonchev–Trinajstić information content (AvgIpc) is 2.69. The molecule has 1 aliphatic rings. The Bertz CT molecular complexity index is 989. The number of aromatic nitrogens is 1. The first-order valence-corrected chi connectivity index (χ1v) is 9.16. The fourth-order valence-electron chi connectivity index (χ4n) is 3.27. The zero-order valence-corrected chi connectivity index (χ0v) is 16.2. The SMILES string of the molecule is CC1C(N)=C(C(=N)c2ccccn2)CCN1C(=O)c1cccc(C(F)(F)F)c1Cl. The molecule has 0 bridgehead atoms. The molecule has 2 aromatic rings. The largest absolute Gasteiger partial charge is 0.417 e. The molecule has 1 aliphatic heterocycles. The number of rotatable bonds is 3. The molecule has 0 spiro atoms. The highest BCUT2D eigenvalue weighted by Crippen LogP contribution is 2.37. The number of alkyl halides is 3. The number of amides is 1. The van der Waals surface area contributed by atoms with Gasteiger partial charge in [0.15, 0.2) is 0 Å². The first-order valence-electron chi connectivity index (χ1n) is 8.78. The number of halogens is 4. The molecule has 152 valence electrons. The summed E-state index contributed by atoms with van der Waals surface area (Å²) in [5.41, 5.74) is 6.41. The lowest BCUT2D eigenvalue weighted by molar-refractivity contribution is -0.137. The van der Waals surface area contributed by atoms with Crippen LogP contribution in [0, 0.1) is 5.41 Å². The van der Waals surface area contributed by atoms with Crippen LogP contribution in [-0.4, -0.2) is 34.1 Å². The first-order chi connectivity index (χ1) is 13.6. The van der Waals surface area contributed by atoms with E-state index < -0.39 is 28.7 Å². The minimum absolute atomic E-state index is 0.166. The predicted molar refractivity (Wildman–Crippen MR) is 104 cm³/mol. The van der Waals surface area contributed by atoms with Gasteiger partial charge in [-0.05, 0) is 37.6 Å². The van der Waals surface area contributed by atoms with Gasteiger partial charge in [-0.2, -0.15) is 13.2 Å². The van der Waals surface area contributed by atoms with E-state index in [-0.39, 0.29) is 24.2 Å². The third-order valence-corrected chi connectivity index (χ3v) is 5.29. The molecule has 9 heteroatoms. The highest BCUT2D eigenvalue weighted by Gasteiger charge is 2.37. The molecule has 1 aromatic carbocycles. The normalized spacial score (nSPS) is 17.4. The van der Waals surface area contributed by atoms with Crippen molar-refractivity contribution in [1.82, 2.24) is 9.88 Å². The molecule has 3 N–H and O–H groups in total. The van der Waals surface area contributed by atoms with E-state index in [1.807, 2.05) is 0 Å². The molecule has 2 heterocycles. The van der Waals surface area contributed by atoms with Crippen molar-refractivity contribution in [1.29, 1.82) is 5.41 Å². The van der Waals surface area contributed by atoms with Gasteiger partial charge in [0, 0.05) is 24.0 Å². The number of hydrogen-bond acceptors (Lipinski definition) is 4. The maximum Gasteiger partial charge on any atom is 0.417 e. The number of nitrogens with two attached hydrogens (primary N) is 1. The molecule has 3 rings (SSSR count). The van der Waals surface area contributed by atoms with Crippen molar-refractivity contribution in [3.05, 3.63) is 75.7 Å². The van der Waals surface area contributed by atoms with E-state index in [4.69, 9.17) is 22.7 Å². The van der Waals surface area contributed by atoms with Gasteiger partial charge in [-0.3, -0.25) is 15.2 Å². The molecule has 1 unspecified atom stereocenters. The summed E-state index contributed by atoms with van der Waals surface area (Å²) < 4.78 is 39.3. The van der Waals surface area contributed by atoms with Crippen molar-refractivity contribution < 1.29 is 18.0 Å². The number of benzene rings is 1. The summed E-state index contributed by atoms with van der Waals surface area (Å²) >= 11 is 5.90. The van der Waals surface area contributed by atoms with Gasteiger partial charge in [0.05, 0.1) is 33.6 Å². The second-order valence-electron chi connectivity index (χ2n) is 6.61. The summed E-state index contributed by atoms with van der Waals surface area (Å²) in [7, 11) is 0. The van der Waals surface area contributed by atoms with Crippen LogP contribution in [0.5, 0.6) is 0 Å². The second kappa shape index (κ2) is 7.87. The Morgan fingerprint density at radius 3 is 2.62 bits per heavy atom. The van der Waals surface area contributed by atoms with Crippen molar-refractivity contribution in [2.75, 3.05) is 6.54 Å². The van der Waals surface area contributed by atoms with Gasteiger partial charge in [-0.15, -0.1) is 0 Å². The molecule has 1 amide bonds. The summed E-state index contributed by atoms with van der Waals surface area (Å²) in [6.45, 7) is 1.86. The highest BCUT2D eigenvalue weighted by molar-refractivity contribution is 6.34. The van der Waals surface area contributed by atoms with E-state index in [9.17, 15) is 18.0 Å². The van der Waals surface area contributed by atoms with E-state index in [1.165, 1.54) is 11.0 Å². The van der Waals surface area contributed by atoms with Crippen LogP contribution in [0.1, 0.15) is 35.0 Å². The summed E-state index contributed by atoms with van der Waals surface area (Å²) in [5.74, 6) is -0.639. The molecule has 0 radical (unpaired) electrons. The topological polar surface area (TPSA) is 83.1 Å². The zero-order valence-electron chi connectivity index (χ0n) is 15.4. The van der Waals surface area contributed by atoms with Crippen LogP contribution in [0.3, 0.4) is 0 Å². The van der Waals surface area contributed by atoms with Crippen LogP contribution in [0.2, 0.25) is 5.02 Å². The van der Waals surface area contributed by atoms with Gasteiger partial charge in [0.25, 0.3) is 5.91 Å². The van der Waals surface area contributed by atoms with Crippen LogP contribution < -0.4 is 5.73 Å². The number of nitrogens with zero attached hydrogens (tertiary/aromatic N) is 2. The van der Waals surface area contributed by atoms with Gasteiger partial charge in [0.1, 0.15) is 0 Å².